The first-order chi connectivity index (χ1) is 13.4. The molecule has 0 radical (unpaired) electrons. The van der Waals surface area contributed by atoms with E-state index in [1.54, 1.807) is 24.5 Å². The molecule has 0 spiro atoms. The second kappa shape index (κ2) is 8.59. The summed E-state index contributed by atoms with van der Waals surface area (Å²) < 4.78 is 6.31. The van der Waals surface area contributed by atoms with E-state index >= 15 is 0 Å². The fourth-order valence-corrected chi connectivity index (χ4v) is 3.28. The van der Waals surface area contributed by atoms with Gasteiger partial charge in [0.2, 0.25) is 5.43 Å². The molecule has 3 N–H and O–H groups in total. The molecule has 1 aliphatic rings. The van der Waals surface area contributed by atoms with Gasteiger partial charge in [0.25, 0.3) is 11.8 Å². The third-order valence-corrected chi connectivity index (χ3v) is 4.96. The van der Waals surface area contributed by atoms with Crippen LogP contribution in [0.3, 0.4) is 0 Å². The fourth-order valence-electron chi connectivity index (χ4n) is 2.79. The zero-order chi connectivity index (χ0) is 20.3. The number of halogens is 1. The van der Waals surface area contributed by atoms with Crippen molar-refractivity contribution < 1.29 is 14.3 Å². The molecule has 3 rings (SSSR count). The summed E-state index contributed by atoms with van der Waals surface area (Å²) in [6, 6.07) is 6.52. The van der Waals surface area contributed by atoms with Crippen LogP contribution >= 0.6 is 22.6 Å². The monoisotopic (exact) mass is 493 g/mol. The number of carbonyl (C=O) groups is 2. The highest BCUT2D eigenvalue weighted by Crippen LogP contribution is 2.26. The Balaban J connectivity index is 1.83. The molecule has 28 heavy (non-hydrogen) atoms. The number of amides is 2. The standard InChI is InChI=1S/C20H20IN3O4/c1-3-6-28-18-10-23-16(8-17(18)25)11(2)22-9-15-14-7-12(21)4-5-13(14)19(26)24-20(15)27/h4-5,7-11,22H,3,6H2,1-2H3,(H,23,25)(H,24,26,27). The summed E-state index contributed by atoms with van der Waals surface area (Å²) in [6.45, 7) is 4.31. The van der Waals surface area contributed by atoms with Crippen molar-refractivity contribution in [2.75, 3.05) is 6.61 Å². The van der Waals surface area contributed by atoms with E-state index in [0.29, 0.717) is 29.0 Å². The van der Waals surface area contributed by atoms with E-state index in [-0.39, 0.29) is 17.2 Å². The van der Waals surface area contributed by atoms with Crippen LogP contribution in [0.4, 0.5) is 0 Å². The molecular formula is C20H20IN3O4. The Labute approximate surface area is 175 Å². The minimum Gasteiger partial charge on any atom is -0.488 e. The van der Waals surface area contributed by atoms with E-state index in [2.05, 4.69) is 38.2 Å². The fraction of sp³-hybridized carbons (Fsp3) is 0.250. The van der Waals surface area contributed by atoms with Gasteiger partial charge in [0, 0.05) is 38.9 Å². The number of nitrogens with one attached hydrogen (secondary N) is 3. The average molecular weight is 493 g/mol. The van der Waals surface area contributed by atoms with Gasteiger partial charge in [-0.05, 0) is 54.1 Å². The first-order valence-electron chi connectivity index (χ1n) is 8.88. The van der Waals surface area contributed by atoms with Gasteiger partial charge >= 0.3 is 0 Å². The minimum atomic E-state index is -0.462. The topological polar surface area (TPSA) is 100 Å². The molecule has 1 atom stereocenters. The molecule has 0 saturated heterocycles. The van der Waals surface area contributed by atoms with Gasteiger partial charge in [-0.25, -0.2) is 0 Å². The lowest BCUT2D eigenvalue weighted by Gasteiger charge is -2.20. The Bertz CT molecular complexity index is 1010. The van der Waals surface area contributed by atoms with Crippen LogP contribution in [0, 0.1) is 3.57 Å². The lowest BCUT2D eigenvalue weighted by molar-refractivity contribution is -0.114. The highest BCUT2D eigenvalue weighted by molar-refractivity contribution is 14.1. The summed E-state index contributed by atoms with van der Waals surface area (Å²) in [5, 5.41) is 5.46. The number of benzene rings is 1. The number of ether oxygens (including phenoxy) is 1. The number of hydrogen-bond acceptors (Lipinski definition) is 5. The van der Waals surface area contributed by atoms with Gasteiger partial charge in [0.15, 0.2) is 5.75 Å². The third kappa shape index (κ3) is 4.27. The van der Waals surface area contributed by atoms with Crippen LogP contribution in [0.2, 0.25) is 0 Å². The predicted molar refractivity (Wildman–Crippen MR) is 114 cm³/mol. The van der Waals surface area contributed by atoms with E-state index in [1.807, 2.05) is 19.9 Å². The number of carbonyl (C=O) groups excluding carboxylic acids is 2. The lowest BCUT2D eigenvalue weighted by atomic mass is 9.95. The van der Waals surface area contributed by atoms with Crippen molar-refractivity contribution in [1.82, 2.24) is 15.6 Å². The molecule has 2 heterocycles. The molecular weight excluding hydrogens is 473 g/mol. The van der Waals surface area contributed by atoms with Gasteiger partial charge in [0.1, 0.15) is 0 Å². The Kier molecular flexibility index (Phi) is 6.18. The molecule has 0 fully saturated rings. The van der Waals surface area contributed by atoms with E-state index < -0.39 is 11.8 Å². The Morgan fingerprint density at radius 3 is 2.68 bits per heavy atom. The van der Waals surface area contributed by atoms with E-state index in [4.69, 9.17) is 4.74 Å². The van der Waals surface area contributed by atoms with Crippen LogP contribution in [0.15, 0.2) is 41.5 Å². The van der Waals surface area contributed by atoms with E-state index in [9.17, 15) is 14.4 Å². The number of aromatic nitrogens is 1. The molecule has 146 valence electrons. The van der Waals surface area contributed by atoms with Crippen molar-refractivity contribution in [2.24, 2.45) is 0 Å². The van der Waals surface area contributed by atoms with Gasteiger partial charge in [-0.15, -0.1) is 0 Å². The number of imide groups is 1. The summed E-state index contributed by atoms with van der Waals surface area (Å²) in [4.78, 5) is 39.5. The first kappa shape index (κ1) is 20.1. The highest BCUT2D eigenvalue weighted by Gasteiger charge is 2.27. The zero-order valence-corrected chi connectivity index (χ0v) is 17.6. The van der Waals surface area contributed by atoms with Crippen molar-refractivity contribution in [3.8, 4) is 5.75 Å². The van der Waals surface area contributed by atoms with Gasteiger partial charge in [-0.3, -0.25) is 19.7 Å². The average Bonchev–Trinajstić information content (AvgIpc) is 2.66. The normalized spacial score (nSPS) is 15.8. The number of hydrogen-bond donors (Lipinski definition) is 3. The highest BCUT2D eigenvalue weighted by atomic mass is 127. The van der Waals surface area contributed by atoms with E-state index in [0.717, 1.165) is 9.99 Å². The summed E-state index contributed by atoms with van der Waals surface area (Å²) in [6.07, 6.45) is 3.93. The number of pyridine rings is 1. The number of aromatic amines is 1. The lowest BCUT2D eigenvalue weighted by Crippen LogP contribution is -2.37. The maximum atomic E-state index is 12.3. The van der Waals surface area contributed by atoms with Crippen LogP contribution in [0.25, 0.3) is 5.57 Å². The van der Waals surface area contributed by atoms with Gasteiger partial charge < -0.3 is 15.0 Å². The number of H-pyrrole nitrogens is 1. The van der Waals surface area contributed by atoms with Crippen LogP contribution in [0.5, 0.6) is 5.75 Å². The van der Waals surface area contributed by atoms with Crippen LogP contribution in [-0.4, -0.2) is 23.4 Å². The molecule has 1 unspecified atom stereocenters. The van der Waals surface area contributed by atoms with Gasteiger partial charge in [0.05, 0.1) is 18.2 Å². The van der Waals surface area contributed by atoms with E-state index in [1.165, 1.54) is 6.07 Å². The maximum Gasteiger partial charge on any atom is 0.260 e. The molecule has 1 aromatic carbocycles. The summed E-state index contributed by atoms with van der Waals surface area (Å²) in [5.74, 6) is -0.588. The molecule has 7 nitrogen and oxygen atoms in total. The quantitative estimate of drug-likeness (QED) is 0.327. The molecule has 0 aliphatic carbocycles. The first-order valence-corrected chi connectivity index (χ1v) is 9.95. The zero-order valence-electron chi connectivity index (χ0n) is 15.5. The maximum absolute atomic E-state index is 12.3. The smallest absolute Gasteiger partial charge is 0.260 e. The molecule has 1 aromatic heterocycles. The van der Waals surface area contributed by atoms with Crippen molar-refractivity contribution in [2.45, 2.75) is 26.3 Å². The third-order valence-electron chi connectivity index (χ3n) is 4.29. The van der Waals surface area contributed by atoms with Gasteiger partial charge in [-0.1, -0.05) is 6.92 Å². The largest absolute Gasteiger partial charge is 0.488 e. The van der Waals surface area contributed by atoms with Crippen LogP contribution < -0.4 is 20.8 Å². The molecule has 1 aliphatic heterocycles. The summed E-state index contributed by atoms with van der Waals surface area (Å²) in [5.41, 5.74) is 1.85. The minimum absolute atomic E-state index is 0.204. The molecule has 8 heteroatoms. The Morgan fingerprint density at radius 1 is 1.18 bits per heavy atom. The van der Waals surface area contributed by atoms with Crippen LogP contribution in [-0.2, 0) is 4.79 Å². The second-order valence-electron chi connectivity index (χ2n) is 6.38. The molecule has 0 saturated carbocycles. The number of fused-ring (bicyclic) bond motifs is 1. The number of rotatable bonds is 6. The predicted octanol–water partition coefficient (Wildman–Crippen LogP) is 2.73. The molecule has 2 amide bonds. The Morgan fingerprint density at radius 2 is 1.96 bits per heavy atom. The second-order valence-corrected chi connectivity index (χ2v) is 7.63. The van der Waals surface area contributed by atoms with Crippen molar-refractivity contribution in [3.63, 3.8) is 0 Å². The molecule has 2 aromatic rings. The summed E-state index contributed by atoms with van der Waals surface area (Å²) >= 11 is 2.13. The van der Waals surface area contributed by atoms with Crippen molar-refractivity contribution in [1.29, 1.82) is 0 Å². The van der Waals surface area contributed by atoms with Crippen molar-refractivity contribution in [3.05, 3.63) is 67.3 Å². The van der Waals surface area contributed by atoms with Crippen molar-refractivity contribution >= 4 is 40.0 Å². The van der Waals surface area contributed by atoms with Crippen LogP contribution in [0.1, 0.15) is 47.9 Å². The SMILES string of the molecule is CCCOc1c[nH]c(C(C)NC=C2C(=O)NC(=O)c3ccc(I)cc32)cc1=O. The summed E-state index contributed by atoms with van der Waals surface area (Å²) in [7, 11) is 0. The Hall–Kier alpha value is -2.62. The van der Waals surface area contributed by atoms with Gasteiger partial charge in [-0.2, -0.15) is 0 Å². The molecule has 0 bridgehead atoms.